The van der Waals surface area contributed by atoms with Crippen LogP contribution in [0, 0.1) is 5.82 Å². The van der Waals surface area contributed by atoms with Crippen LogP contribution in [0.4, 0.5) is 10.2 Å². The number of aryl methyl sites for hydroxylation is 1. The number of amides is 1. The van der Waals surface area contributed by atoms with Crippen LogP contribution in [0.5, 0.6) is 0 Å². The predicted molar refractivity (Wildman–Crippen MR) is 113 cm³/mol. The van der Waals surface area contributed by atoms with Crippen molar-refractivity contribution in [3.63, 3.8) is 0 Å². The Morgan fingerprint density at radius 3 is 2.83 bits per heavy atom. The Bertz CT molecular complexity index is 1150. The Hall–Kier alpha value is -3.22. The number of halogens is 1. The lowest BCUT2D eigenvalue weighted by molar-refractivity contribution is 0.0738. The number of pyridine rings is 1. The molecule has 1 aliphatic carbocycles. The molecule has 1 amide bonds. The molecular weight excluding hydrogens is 381 g/mol. The first-order valence-corrected chi connectivity index (χ1v) is 10.2. The van der Waals surface area contributed by atoms with Crippen LogP contribution in [0.2, 0.25) is 0 Å². The number of aromatic nitrogens is 3. The first kappa shape index (κ1) is 18.8. The van der Waals surface area contributed by atoms with Crippen molar-refractivity contribution < 1.29 is 9.18 Å². The maximum Gasteiger partial charge on any atom is 0.257 e. The van der Waals surface area contributed by atoms with Gasteiger partial charge in [0.15, 0.2) is 0 Å². The number of hydrogen-bond acceptors (Lipinski definition) is 4. The molecule has 3 aromatic rings. The molecule has 0 bridgehead atoms. The van der Waals surface area contributed by atoms with Crippen molar-refractivity contribution in [2.75, 3.05) is 18.9 Å². The first-order valence-electron chi connectivity index (χ1n) is 10.2. The third kappa shape index (κ3) is 2.88. The van der Waals surface area contributed by atoms with Gasteiger partial charge in [0.25, 0.3) is 5.91 Å². The van der Waals surface area contributed by atoms with Gasteiger partial charge in [0.2, 0.25) is 0 Å². The van der Waals surface area contributed by atoms with Crippen molar-refractivity contribution in [1.29, 1.82) is 0 Å². The van der Waals surface area contributed by atoms with Crippen LogP contribution in [0.25, 0.3) is 11.1 Å². The highest BCUT2D eigenvalue weighted by Crippen LogP contribution is 2.54. The number of nitrogens with zero attached hydrogens (tertiary/aromatic N) is 4. The Morgan fingerprint density at radius 1 is 1.33 bits per heavy atom. The molecule has 1 atom stereocenters. The summed E-state index contributed by atoms with van der Waals surface area (Å²) in [6.45, 7) is 2.81. The fraction of sp³-hybridized carbons (Fsp3) is 0.348. The molecule has 3 heterocycles. The van der Waals surface area contributed by atoms with Gasteiger partial charge in [0, 0.05) is 60.7 Å². The van der Waals surface area contributed by atoms with E-state index in [1.165, 1.54) is 5.56 Å². The number of anilines is 1. The van der Waals surface area contributed by atoms with Crippen LogP contribution in [-0.2, 0) is 12.5 Å². The second-order valence-electron chi connectivity index (χ2n) is 8.46. The minimum atomic E-state index is -0.509. The third-order valence-electron chi connectivity index (χ3n) is 6.56. The molecule has 1 aliphatic heterocycles. The highest BCUT2D eigenvalue weighted by atomic mass is 19.1. The van der Waals surface area contributed by atoms with E-state index in [4.69, 9.17) is 0 Å². The zero-order valence-electron chi connectivity index (χ0n) is 17.3. The van der Waals surface area contributed by atoms with E-state index < -0.39 is 5.82 Å². The Labute approximate surface area is 174 Å². The number of benzene rings is 1. The summed E-state index contributed by atoms with van der Waals surface area (Å²) in [5.74, 6) is 0.0272. The molecule has 1 aromatic carbocycles. The van der Waals surface area contributed by atoms with E-state index in [1.807, 2.05) is 26.2 Å². The third-order valence-corrected chi connectivity index (χ3v) is 6.56. The second-order valence-corrected chi connectivity index (χ2v) is 8.46. The van der Waals surface area contributed by atoms with Gasteiger partial charge in [-0.05, 0) is 31.9 Å². The number of carbonyl (C=O) groups excluding carboxylic acids is 1. The van der Waals surface area contributed by atoms with E-state index in [1.54, 1.807) is 47.2 Å². The molecule has 1 unspecified atom stereocenters. The van der Waals surface area contributed by atoms with E-state index in [0.29, 0.717) is 11.1 Å². The number of hydrogen-bond donors (Lipinski definition) is 1. The molecule has 5 rings (SSSR count). The lowest BCUT2D eigenvalue weighted by Crippen LogP contribution is -2.30. The second kappa shape index (κ2) is 6.65. The average molecular weight is 405 g/mol. The molecule has 1 saturated carbocycles. The Kier molecular flexibility index (Phi) is 4.17. The van der Waals surface area contributed by atoms with Gasteiger partial charge in [-0.2, -0.15) is 5.10 Å². The summed E-state index contributed by atoms with van der Waals surface area (Å²) in [7, 11) is 3.51. The smallest absolute Gasteiger partial charge is 0.257 e. The van der Waals surface area contributed by atoms with E-state index in [-0.39, 0.29) is 22.9 Å². The van der Waals surface area contributed by atoms with Crippen molar-refractivity contribution in [3.8, 4) is 11.1 Å². The van der Waals surface area contributed by atoms with Crippen LogP contribution in [0.15, 0.2) is 42.9 Å². The fourth-order valence-electron chi connectivity index (χ4n) is 4.27. The topological polar surface area (TPSA) is 63.1 Å². The molecule has 6 nitrogen and oxygen atoms in total. The van der Waals surface area contributed by atoms with Crippen LogP contribution in [0.1, 0.15) is 47.3 Å². The summed E-state index contributed by atoms with van der Waals surface area (Å²) in [4.78, 5) is 19.2. The van der Waals surface area contributed by atoms with Gasteiger partial charge in [-0.3, -0.25) is 9.48 Å². The standard InChI is InChI=1S/C23H24FN5O/c1-14(16-11-27-28(2)12-16)29(3)22(30)18-6-4-5-17(20(18)24)15-9-19-21(25-10-15)26-13-23(19)7-8-23/h4-6,9-12,14H,7-8,13H2,1-3H3,(H,25,26). The van der Waals surface area contributed by atoms with Gasteiger partial charge in [-0.25, -0.2) is 9.37 Å². The number of rotatable bonds is 4. The van der Waals surface area contributed by atoms with Crippen LogP contribution < -0.4 is 5.32 Å². The minimum absolute atomic E-state index is 0.0606. The largest absolute Gasteiger partial charge is 0.369 e. The van der Waals surface area contributed by atoms with Gasteiger partial charge in [0.1, 0.15) is 11.6 Å². The van der Waals surface area contributed by atoms with Gasteiger partial charge >= 0.3 is 0 Å². The van der Waals surface area contributed by atoms with Crippen molar-refractivity contribution in [1.82, 2.24) is 19.7 Å². The summed E-state index contributed by atoms with van der Waals surface area (Å²) in [5, 5.41) is 7.51. The van der Waals surface area contributed by atoms with Crippen LogP contribution in [0.3, 0.4) is 0 Å². The Morgan fingerprint density at radius 2 is 2.13 bits per heavy atom. The normalized spacial score (nSPS) is 16.8. The number of fused-ring (bicyclic) bond motifs is 2. The summed E-state index contributed by atoms with van der Waals surface area (Å²) in [6.07, 6.45) is 7.53. The molecule has 1 fully saturated rings. The van der Waals surface area contributed by atoms with E-state index >= 15 is 4.39 Å². The summed E-state index contributed by atoms with van der Waals surface area (Å²) in [5.41, 5.74) is 3.40. The zero-order chi connectivity index (χ0) is 21.0. The first-order chi connectivity index (χ1) is 14.4. The lowest BCUT2D eigenvalue weighted by Gasteiger charge is -2.24. The maximum atomic E-state index is 15.5. The molecule has 1 spiro atoms. The van der Waals surface area contributed by atoms with Gasteiger partial charge in [-0.15, -0.1) is 0 Å². The van der Waals surface area contributed by atoms with Crippen molar-refractivity contribution in [2.24, 2.45) is 7.05 Å². The molecule has 30 heavy (non-hydrogen) atoms. The van der Waals surface area contributed by atoms with E-state index in [2.05, 4.69) is 15.4 Å². The summed E-state index contributed by atoms with van der Waals surface area (Å²) in [6, 6.07) is 6.79. The minimum Gasteiger partial charge on any atom is -0.369 e. The molecule has 2 aliphatic rings. The molecule has 154 valence electrons. The van der Waals surface area contributed by atoms with Crippen molar-refractivity contribution in [2.45, 2.75) is 31.2 Å². The molecule has 2 aromatic heterocycles. The number of nitrogens with one attached hydrogen (secondary N) is 1. The lowest BCUT2D eigenvalue weighted by atomic mass is 9.95. The fourth-order valence-corrected chi connectivity index (χ4v) is 4.27. The molecule has 0 saturated heterocycles. The molecule has 7 heteroatoms. The van der Waals surface area contributed by atoms with Crippen molar-refractivity contribution >= 4 is 11.7 Å². The SMILES string of the molecule is CC(c1cnn(C)c1)N(C)C(=O)c1cccc(-c2cnc3c(c2)C2(CC2)CN3)c1F. The maximum absolute atomic E-state index is 15.5. The highest BCUT2D eigenvalue weighted by Gasteiger charge is 2.49. The van der Waals surface area contributed by atoms with Crippen LogP contribution >= 0.6 is 0 Å². The van der Waals surface area contributed by atoms with Gasteiger partial charge < -0.3 is 10.2 Å². The molecular formula is C23H24FN5O. The Balaban J connectivity index is 1.47. The highest BCUT2D eigenvalue weighted by molar-refractivity contribution is 5.96. The predicted octanol–water partition coefficient (Wildman–Crippen LogP) is 3.91. The molecule has 1 N–H and O–H groups in total. The van der Waals surface area contributed by atoms with Crippen molar-refractivity contribution in [3.05, 3.63) is 65.4 Å². The quantitative estimate of drug-likeness (QED) is 0.715. The summed E-state index contributed by atoms with van der Waals surface area (Å²) < 4.78 is 17.2. The van der Waals surface area contributed by atoms with E-state index in [9.17, 15) is 4.79 Å². The number of carbonyl (C=O) groups is 1. The van der Waals surface area contributed by atoms with Crippen LogP contribution in [-0.4, -0.2) is 39.2 Å². The van der Waals surface area contributed by atoms with Gasteiger partial charge in [-0.1, -0.05) is 12.1 Å². The monoisotopic (exact) mass is 405 g/mol. The van der Waals surface area contributed by atoms with Gasteiger partial charge in [0.05, 0.1) is 17.8 Å². The summed E-state index contributed by atoms with van der Waals surface area (Å²) >= 11 is 0. The molecule has 0 radical (unpaired) electrons. The van der Waals surface area contributed by atoms with E-state index in [0.717, 1.165) is 30.8 Å². The average Bonchev–Trinajstić information content (AvgIpc) is 3.28. The zero-order valence-corrected chi connectivity index (χ0v) is 17.3.